The van der Waals surface area contributed by atoms with Crippen molar-refractivity contribution in [3.8, 4) is 0 Å². The van der Waals surface area contributed by atoms with Gasteiger partial charge in [0.05, 0.1) is 0 Å². The summed E-state index contributed by atoms with van der Waals surface area (Å²) in [6.45, 7) is 4.28. The Labute approximate surface area is 103 Å². The van der Waals surface area contributed by atoms with Gasteiger partial charge in [-0.15, -0.1) is 0 Å². The van der Waals surface area contributed by atoms with Crippen LogP contribution in [0.2, 0.25) is 0 Å². The molecule has 0 radical (unpaired) electrons. The van der Waals surface area contributed by atoms with E-state index in [0.717, 1.165) is 15.2 Å². The fourth-order valence-electron chi connectivity index (χ4n) is 1.93. The molecule has 0 aliphatic heterocycles. The Morgan fingerprint density at radius 1 is 1.25 bits per heavy atom. The van der Waals surface area contributed by atoms with E-state index in [-0.39, 0.29) is 5.56 Å². The molecule has 0 spiro atoms. The summed E-state index contributed by atoms with van der Waals surface area (Å²) in [5, 5.41) is 1.84. The lowest BCUT2D eigenvalue weighted by Crippen LogP contribution is -2.17. The molecule has 0 unspecified atom stereocenters. The molecule has 16 heavy (non-hydrogen) atoms. The van der Waals surface area contributed by atoms with Gasteiger partial charge in [-0.05, 0) is 35.1 Å². The number of halogens is 1. The minimum atomic E-state index is 0.0619. The van der Waals surface area contributed by atoms with Crippen molar-refractivity contribution in [2.45, 2.75) is 19.8 Å². The van der Waals surface area contributed by atoms with Gasteiger partial charge in [0.25, 0.3) is 5.56 Å². The third-order valence-electron chi connectivity index (χ3n) is 2.80. The lowest BCUT2D eigenvalue weighted by molar-refractivity contribution is 0.809. The lowest BCUT2D eigenvalue weighted by Gasteiger charge is -2.12. The van der Waals surface area contributed by atoms with Crippen LogP contribution < -0.4 is 5.56 Å². The molecule has 1 aromatic carbocycles. The third-order valence-corrected chi connectivity index (χ3v) is 3.29. The lowest BCUT2D eigenvalue weighted by atomic mass is 9.98. The number of hydrogen-bond acceptors (Lipinski definition) is 1. The summed E-state index contributed by atoms with van der Waals surface area (Å²) in [5.41, 5.74) is 1.27. The van der Waals surface area contributed by atoms with Crippen LogP contribution in [0.1, 0.15) is 25.3 Å². The number of rotatable bonds is 1. The predicted molar refractivity (Wildman–Crippen MR) is 71.0 cm³/mol. The molecule has 84 valence electrons. The summed E-state index contributed by atoms with van der Waals surface area (Å²) >= 11 is 3.45. The van der Waals surface area contributed by atoms with Crippen LogP contribution in [0.5, 0.6) is 0 Å². The maximum atomic E-state index is 12.0. The second kappa shape index (κ2) is 4.06. The number of benzene rings is 1. The Morgan fingerprint density at radius 2 is 1.94 bits per heavy atom. The van der Waals surface area contributed by atoms with Gasteiger partial charge in [0.2, 0.25) is 0 Å². The summed E-state index contributed by atoms with van der Waals surface area (Å²) in [6.07, 6.45) is 1.93. The van der Waals surface area contributed by atoms with Crippen molar-refractivity contribution >= 4 is 26.7 Å². The van der Waals surface area contributed by atoms with E-state index in [2.05, 4.69) is 29.8 Å². The average Bonchev–Trinajstić information content (AvgIpc) is 2.22. The summed E-state index contributed by atoms with van der Waals surface area (Å²) < 4.78 is 2.67. The number of nitrogens with zero attached hydrogens (tertiary/aromatic N) is 1. The van der Waals surface area contributed by atoms with E-state index in [9.17, 15) is 4.79 Å². The Balaban J connectivity index is 2.96. The molecular weight excluding hydrogens is 266 g/mol. The minimum Gasteiger partial charge on any atom is -0.318 e. The largest absolute Gasteiger partial charge is 0.318 e. The molecule has 2 nitrogen and oxygen atoms in total. The van der Waals surface area contributed by atoms with Crippen molar-refractivity contribution in [2.75, 3.05) is 0 Å². The fourth-order valence-corrected chi connectivity index (χ4v) is 2.29. The van der Waals surface area contributed by atoms with Gasteiger partial charge in [-0.3, -0.25) is 4.79 Å². The molecular formula is C13H14BrNO. The van der Waals surface area contributed by atoms with Gasteiger partial charge >= 0.3 is 0 Å². The van der Waals surface area contributed by atoms with Gasteiger partial charge in [0.15, 0.2) is 0 Å². The number of aryl methyl sites for hydroxylation is 1. The van der Waals surface area contributed by atoms with Gasteiger partial charge in [-0.25, -0.2) is 0 Å². The molecule has 0 aliphatic rings. The highest BCUT2D eigenvalue weighted by atomic mass is 79.9. The zero-order chi connectivity index (χ0) is 11.9. The van der Waals surface area contributed by atoms with Crippen molar-refractivity contribution in [3.05, 3.63) is 44.8 Å². The SMILES string of the molecule is CC(C)c1cn(C)c(=O)c2ccc(Br)cc12. The molecule has 2 rings (SSSR count). The van der Waals surface area contributed by atoms with E-state index in [1.807, 2.05) is 24.4 Å². The highest BCUT2D eigenvalue weighted by Crippen LogP contribution is 2.25. The molecule has 3 heteroatoms. The molecule has 1 aromatic heterocycles. The third kappa shape index (κ3) is 1.80. The zero-order valence-corrected chi connectivity index (χ0v) is 11.2. The second-order valence-electron chi connectivity index (χ2n) is 4.35. The predicted octanol–water partition coefficient (Wildman–Crippen LogP) is 3.42. The Kier molecular flexibility index (Phi) is 2.89. The first-order valence-electron chi connectivity index (χ1n) is 5.29. The molecule has 0 bridgehead atoms. The van der Waals surface area contributed by atoms with Gasteiger partial charge in [-0.2, -0.15) is 0 Å². The van der Waals surface area contributed by atoms with Crippen LogP contribution in [0.3, 0.4) is 0 Å². The molecule has 0 saturated heterocycles. The molecule has 0 saturated carbocycles. The van der Waals surface area contributed by atoms with Crippen LogP contribution in [0, 0.1) is 0 Å². The topological polar surface area (TPSA) is 22.0 Å². The first kappa shape index (κ1) is 11.4. The number of fused-ring (bicyclic) bond motifs is 1. The monoisotopic (exact) mass is 279 g/mol. The van der Waals surface area contributed by atoms with Crippen LogP contribution in [0.25, 0.3) is 10.8 Å². The van der Waals surface area contributed by atoms with Gasteiger partial charge in [-0.1, -0.05) is 29.8 Å². The van der Waals surface area contributed by atoms with Gasteiger partial charge in [0.1, 0.15) is 0 Å². The van der Waals surface area contributed by atoms with E-state index >= 15 is 0 Å². The number of hydrogen-bond donors (Lipinski definition) is 0. The fraction of sp³-hybridized carbons (Fsp3) is 0.308. The Hall–Kier alpha value is -1.09. The van der Waals surface area contributed by atoms with Crippen LogP contribution in [-0.4, -0.2) is 4.57 Å². The van der Waals surface area contributed by atoms with Gasteiger partial charge in [0, 0.05) is 23.1 Å². The number of aromatic nitrogens is 1. The molecule has 0 fully saturated rings. The first-order chi connectivity index (χ1) is 7.50. The highest BCUT2D eigenvalue weighted by molar-refractivity contribution is 9.10. The highest BCUT2D eigenvalue weighted by Gasteiger charge is 2.09. The Bertz CT molecular complexity index is 599. The van der Waals surface area contributed by atoms with Crippen molar-refractivity contribution < 1.29 is 0 Å². The second-order valence-corrected chi connectivity index (χ2v) is 5.26. The minimum absolute atomic E-state index is 0.0619. The zero-order valence-electron chi connectivity index (χ0n) is 9.62. The summed E-state index contributed by atoms with van der Waals surface area (Å²) in [6, 6.07) is 5.81. The summed E-state index contributed by atoms with van der Waals surface area (Å²) in [5.74, 6) is 0.406. The molecule has 0 amide bonds. The van der Waals surface area contributed by atoms with Crippen molar-refractivity contribution in [2.24, 2.45) is 7.05 Å². The quantitative estimate of drug-likeness (QED) is 0.784. The molecule has 2 aromatic rings. The van der Waals surface area contributed by atoms with Crippen LogP contribution in [0.4, 0.5) is 0 Å². The molecule has 0 atom stereocenters. The average molecular weight is 280 g/mol. The van der Waals surface area contributed by atoms with Crippen molar-refractivity contribution in [3.63, 3.8) is 0 Å². The first-order valence-corrected chi connectivity index (χ1v) is 6.09. The van der Waals surface area contributed by atoms with E-state index in [4.69, 9.17) is 0 Å². The van der Waals surface area contributed by atoms with Crippen LogP contribution in [-0.2, 0) is 7.05 Å². The van der Waals surface area contributed by atoms with E-state index in [0.29, 0.717) is 5.92 Å². The van der Waals surface area contributed by atoms with E-state index in [1.165, 1.54) is 5.56 Å². The Morgan fingerprint density at radius 3 is 2.56 bits per heavy atom. The normalized spacial score (nSPS) is 11.3. The molecule has 0 aliphatic carbocycles. The smallest absolute Gasteiger partial charge is 0.258 e. The van der Waals surface area contributed by atoms with Crippen LogP contribution >= 0.6 is 15.9 Å². The summed E-state index contributed by atoms with van der Waals surface area (Å²) in [4.78, 5) is 12.0. The standard InChI is InChI=1S/C13H14BrNO/c1-8(2)12-7-15(3)13(16)10-5-4-9(14)6-11(10)12/h4-8H,1-3H3. The maximum Gasteiger partial charge on any atom is 0.258 e. The van der Waals surface area contributed by atoms with Crippen LogP contribution in [0.15, 0.2) is 33.7 Å². The van der Waals surface area contributed by atoms with E-state index in [1.54, 1.807) is 11.6 Å². The van der Waals surface area contributed by atoms with Crippen molar-refractivity contribution in [1.29, 1.82) is 0 Å². The number of pyridine rings is 1. The molecule has 1 heterocycles. The molecule has 0 N–H and O–H groups in total. The van der Waals surface area contributed by atoms with Crippen molar-refractivity contribution in [1.82, 2.24) is 4.57 Å². The van der Waals surface area contributed by atoms with E-state index < -0.39 is 0 Å². The summed E-state index contributed by atoms with van der Waals surface area (Å²) in [7, 11) is 1.80. The van der Waals surface area contributed by atoms with Gasteiger partial charge < -0.3 is 4.57 Å². The maximum absolute atomic E-state index is 12.0.